The molecule has 0 spiro atoms. The number of hydrogen-bond acceptors (Lipinski definition) is 3. The molecule has 5 nitrogen and oxygen atoms in total. The Morgan fingerprint density at radius 1 is 1.25 bits per heavy atom. The molecule has 2 aliphatic heterocycles. The first-order valence-electron chi connectivity index (χ1n) is 8.49. The molecule has 2 aliphatic rings. The maximum atomic E-state index is 12.8. The summed E-state index contributed by atoms with van der Waals surface area (Å²) in [6.45, 7) is 7.97. The maximum absolute atomic E-state index is 12.8. The van der Waals surface area contributed by atoms with Crippen LogP contribution in [0.15, 0.2) is 0 Å². The number of likely N-dealkylation sites (tertiary alicyclic amines) is 1. The van der Waals surface area contributed by atoms with Crippen molar-refractivity contribution >= 4 is 30.7 Å². The number of amides is 1. The Hall–Kier alpha value is -0.780. The minimum Gasteiger partial charge on any atom is -0.341 e. The zero-order chi connectivity index (χ0) is 15.9. The van der Waals surface area contributed by atoms with Gasteiger partial charge in [0, 0.05) is 43.8 Å². The fourth-order valence-corrected chi connectivity index (χ4v) is 3.96. The summed E-state index contributed by atoms with van der Waals surface area (Å²) in [5.41, 5.74) is 3.46. The molecule has 1 aromatic rings. The summed E-state index contributed by atoms with van der Waals surface area (Å²) in [5.74, 6) is 0.329. The Kier molecular flexibility index (Phi) is 7.57. The van der Waals surface area contributed by atoms with Gasteiger partial charge in [0.15, 0.2) is 0 Å². The largest absolute Gasteiger partial charge is 0.341 e. The molecule has 0 radical (unpaired) electrons. The molecule has 0 aromatic carbocycles. The second-order valence-electron chi connectivity index (χ2n) is 7.09. The third kappa shape index (κ3) is 4.24. The summed E-state index contributed by atoms with van der Waals surface area (Å²) in [6, 6.07) is 1.13. The number of carbonyl (C=O) groups excluding carboxylic acids is 1. The fraction of sp³-hybridized carbons (Fsp3) is 0.765. The van der Waals surface area contributed by atoms with E-state index in [1.54, 1.807) is 0 Å². The normalized spacial score (nSPS) is 23.9. The van der Waals surface area contributed by atoms with Crippen LogP contribution in [0.1, 0.15) is 43.1 Å². The van der Waals surface area contributed by atoms with E-state index < -0.39 is 0 Å². The van der Waals surface area contributed by atoms with Gasteiger partial charge in [0.1, 0.15) is 0 Å². The highest BCUT2D eigenvalue weighted by atomic mass is 35.5. The minimum atomic E-state index is 0. The fourth-order valence-electron chi connectivity index (χ4n) is 3.96. The van der Waals surface area contributed by atoms with Crippen LogP contribution in [-0.4, -0.2) is 45.8 Å². The standard InChI is InChI=1S/C17H28N4O.2ClH/c1-11(9-16-12(2)19-20(4)13(16)3)17(22)21-8-7-14-5-6-15(10-21)18-14;;/h11,14-15,18H,5-10H2,1-4H3;2*1H. The van der Waals surface area contributed by atoms with Crippen molar-refractivity contribution in [2.24, 2.45) is 13.0 Å². The molecular formula is C17H30Cl2N4O. The third-order valence-corrected chi connectivity index (χ3v) is 5.43. The van der Waals surface area contributed by atoms with E-state index in [0.29, 0.717) is 18.0 Å². The molecular weight excluding hydrogens is 347 g/mol. The zero-order valence-corrected chi connectivity index (χ0v) is 16.7. The number of aryl methyl sites for hydroxylation is 2. The zero-order valence-electron chi connectivity index (χ0n) is 15.0. The smallest absolute Gasteiger partial charge is 0.225 e. The van der Waals surface area contributed by atoms with Crippen LogP contribution >= 0.6 is 24.8 Å². The predicted octanol–water partition coefficient (Wildman–Crippen LogP) is 2.41. The van der Waals surface area contributed by atoms with Gasteiger partial charge in [-0.05, 0) is 45.1 Å². The van der Waals surface area contributed by atoms with Crippen molar-refractivity contribution in [3.63, 3.8) is 0 Å². The van der Waals surface area contributed by atoms with Crippen molar-refractivity contribution in [3.8, 4) is 0 Å². The average molecular weight is 377 g/mol. The van der Waals surface area contributed by atoms with E-state index in [0.717, 1.165) is 31.6 Å². The lowest BCUT2D eigenvalue weighted by molar-refractivity contribution is -0.135. The van der Waals surface area contributed by atoms with E-state index in [1.165, 1.54) is 24.1 Å². The van der Waals surface area contributed by atoms with Crippen molar-refractivity contribution in [1.29, 1.82) is 0 Å². The van der Waals surface area contributed by atoms with Crippen LogP contribution in [0.4, 0.5) is 0 Å². The van der Waals surface area contributed by atoms with E-state index in [-0.39, 0.29) is 30.7 Å². The number of hydrogen-bond donors (Lipinski definition) is 1. The Labute approximate surface area is 157 Å². The monoisotopic (exact) mass is 376 g/mol. The Morgan fingerprint density at radius 2 is 1.92 bits per heavy atom. The Bertz CT molecular complexity index is 575. The highest BCUT2D eigenvalue weighted by Gasteiger charge is 2.32. The number of nitrogens with zero attached hydrogens (tertiary/aromatic N) is 3. The Morgan fingerprint density at radius 3 is 2.54 bits per heavy atom. The molecule has 1 aromatic heterocycles. The first-order valence-corrected chi connectivity index (χ1v) is 8.49. The van der Waals surface area contributed by atoms with Crippen LogP contribution < -0.4 is 5.32 Å². The van der Waals surface area contributed by atoms with Gasteiger partial charge in [-0.15, -0.1) is 24.8 Å². The van der Waals surface area contributed by atoms with Gasteiger partial charge < -0.3 is 10.2 Å². The molecule has 3 heterocycles. The third-order valence-electron chi connectivity index (χ3n) is 5.43. The Balaban J connectivity index is 0.00000144. The summed E-state index contributed by atoms with van der Waals surface area (Å²) in [5, 5.41) is 8.10. The van der Waals surface area contributed by atoms with Crippen molar-refractivity contribution in [3.05, 3.63) is 17.0 Å². The van der Waals surface area contributed by atoms with E-state index in [4.69, 9.17) is 0 Å². The van der Waals surface area contributed by atoms with Gasteiger partial charge in [0.2, 0.25) is 5.91 Å². The molecule has 1 amide bonds. The predicted molar refractivity (Wildman–Crippen MR) is 101 cm³/mol. The average Bonchev–Trinajstić information content (AvgIpc) is 2.92. The lowest BCUT2D eigenvalue weighted by atomic mass is 9.97. The van der Waals surface area contributed by atoms with E-state index >= 15 is 0 Å². The first kappa shape index (κ1) is 21.3. The summed E-state index contributed by atoms with van der Waals surface area (Å²) < 4.78 is 1.91. The van der Waals surface area contributed by atoms with Gasteiger partial charge in [-0.2, -0.15) is 5.10 Å². The highest BCUT2D eigenvalue weighted by Crippen LogP contribution is 2.23. The summed E-state index contributed by atoms with van der Waals surface area (Å²) in [7, 11) is 1.97. The lowest BCUT2D eigenvalue weighted by Gasteiger charge is -2.27. The maximum Gasteiger partial charge on any atom is 0.225 e. The highest BCUT2D eigenvalue weighted by molar-refractivity contribution is 5.85. The molecule has 0 saturated carbocycles. The second-order valence-corrected chi connectivity index (χ2v) is 7.09. The SMILES string of the molecule is Cc1nn(C)c(C)c1CC(C)C(=O)N1CCC2CCC(C1)N2.Cl.Cl. The number of carbonyl (C=O) groups is 1. The molecule has 138 valence electrons. The summed E-state index contributed by atoms with van der Waals surface area (Å²) in [6.07, 6.45) is 4.38. The molecule has 3 atom stereocenters. The topological polar surface area (TPSA) is 50.2 Å². The van der Waals surface area contributed by atoms with Gasteiger partial charge in [-0.1, -0.05) is 6.92 Å². The molecule has 2 saturated heterocycles. The quantitative estimate of drug-likeness (QED) is 0.880. The van der Waals surface area contributed by atoms with E-state index in [1.807, 2.05) is 18.7 Å². The van der Waals surface area contributed by atoms with Crippen LogP contribution in [0.3, 0.4) is 0 Å². The molecule has 2 fully saturated rings. The van der Waals surface area contributed by atoms with Gasteiger partial charge >= 0.3 is 0 Å². The number of halogens is 2. The number of nitrogens with one attached hydrogen (secondary N) is 1. The van der Waals surface area contributed by atoms with Gasteiger partial charge in [0.05, 0.1) is 5.69 Å². The number of fused-ring (bicyclic) bond motifs is 2. The lowest BCUT2D eigenvalue weighted by Crippen LogP contribution is -2.42. The van der Waals surface area contributed by atoms with Crippen LogP contribution in [0.5, 0.6) is 0 Å². The number of aromatic nitrogens is 2. The van der Waals surface area contributed by atoms with Crippen molar-refractivity contribution in [1.82, 2.24) is 20.0 Å². The van der Waals surface area contributed by atoms with E-state index in [2.05, 4.69) is 29.2 Å². The minimum absolute atomic E-state index is 0. The molecule has 1 N–H and O–H groups in total. The van der Waals surface area contributed by atoms with Crippen LogP contribution in [0.25, 0.3) is 0 Å². The molecule has 3 unspecified atom stereocenters. The van der Waals surface area contributed by atoms with Crippen LogP contribution in [0, 0.1) is 19.8 Å². The summed E-state index contributed by atoms with van der Waals surface area (Å²) >= 11 is 0. The molecule has 2 bridgehead atoms. The van der Waals surface area contributed by atoms with E-state index in [9.17, 15) is 4.79 Å². The first-order chi connectivity index (χ1) is 10.5. The summed E-state index contributed by atoms with van der Waals surface area (Å²) in [4.78, 5) is 14.9. The number of rotatable bonds is 3. The van der Waals surface area contributed by atoms with Crippen molar-refractivity contribution < 1.29 is 4.79 Å². The van der Waals surface area contributed by atoms with Crippen molar-refractivity contribution in [2.45, 2.75) is 58.5 Å². The molecule has 3 rings (SSSR count). The molecule has 0 aliphatic carbocycles. The van der Waals surface area contributed by atoms with Crippen molar-refractivity contribution in [2.75, 3.05) is 13.1 Å². The van der Waals surface area contributed by atoms with Gasteiger partial charge in [0.25, 0.3) is 0 Å². The van der Waals surface area contributed by atoms with Crippen LogP contribution in [-0.2, 0) is 18.3 Å². The second kappa shape index (κ2) is 8.54. The van der Waals surface area contributed by atoms with Gasteiger partial charge in [-0.3, -0.25) is 9.48 Å². The molecule has 7 heteroatoms. The van der Waals surface area contributed by atoms with Crippen LogP contribution in [0.2, 0.25) is 0 Å². The molecule has 24 heavy (non-hydrogen) atoms. The van der Waals surface area contributed by atoms with Gasteiger partial charge in [-0.25, -0.2) is 0 Å².